The van der Waals surface area contributed by atoms with Crippen molar-refractivity contribution in [3.8, 4) is 11.1 Å². The van der Waals surface area contributed by atoms with E-state index in [4.69, 9.17) is 21.1 Å². The van der Waals surface area contributed by atoms with Crippen LogP contribution in [0, 0.1) is 0 Å². The van der Waals surface area contributed by atoms with Crippen molar-refractivity contribution in [2.75, 3.05) is 13.2 Å². The average molecular weight is 413 g/mol. The molecule has 29 heavy (non-hydrogen) atoms. The van der Waals surface area contributed by atoms with Crippen molar-refractivity contribution in [1.82, 2.24) is 0 Å². The van der Waals surface area contributed by atoms with Crippen LogP contribution in [0.4, 0.5) is 0 Å². The largest absolute Gasteiger partial charge is 0.508 e. The van der Waals surface area contributed by atoms with Crippen molar-refractivity contribution >= 4 is 23.0 Å². The summed E-state index contributed by atoms with van der Waals surface area (Å²) in [5.74, 6) is -0.125. The second-order valence-corrected chi connectivity index (χ2v) is 8.03. The van der Waals surface area contributed by atoms with Gasteiger partial charge in [-0.15, -0.1) is 0 Å². The summed E-state index contributed by atoms with van der Waals surface area (Å²) >= 11 is 6.01. The van der Waals surface area contributed by atoms with E-state index in [0.29, 0.717) is 30.0 Å². The first-order chi connectivity index (χ1) is 14.0. The highest BCUT2D eigenvalue weighted by Crippen LogP contribution is 2.46. The second-order valence-electron chi connectivity index (χ2n) is 7.60. The van der Waals surface area contributed by atoms with E-state index >= 15 is 0 Å². The fraction of sp³-hybridized carbons (Fsp3) is 0.375. The summed E-state index contributed by atoms with van der Waals surface area (Å²) in [7, 11) is 0. The molecule has 2 atom stereocenters. The number of benzene rings is 2. The highest BCUT2D eigenvalue weighted by Gasteiger charge is 2.53. The van der Waals surface area contributed by atoms with Gasteiger partial charge in [0, 0.05) is 11.6 Å². The molecule has 0 saturated carbocycles. The van der Waals surface area contributed by atoms with Crippen LogP contribution in [-0.4, -0.2) is 35.8 Å². The molecule has 1 saturated heterocycles. The summed E-state index contributed by atoms with van der Waals surface area (Å²) in [5, 5.41) is 11.8. The van der Waals surface area contributed by atoms with Crippen molar-refractivity contribution in [3.63, 3.8) is 0 Å². The van der Waals surface area contributed by atoms with Crippen LogP contribution in [0.25, 0.3) is 16.7 Å². The Morgan fingerprint density at radius 1 is 1.17 bits per heavy atom. The molecule has 2 aromatic rings. The number of halogens is 1. The number of ether oxygens (including phenoxy) is 2. The summed E-state index contributed by atoms with van der Waals surface area (Å²) in [6, 6.07) is 13.7. The Kier molecular flexibility index (Phi) is 5.52. The molecule has 2 aliphatic heterocycles. The Balaban J connectivity index is 1.79. The van der Waals surface area contributed by atoms with Crippen molar-refractivity contribution in [2.24, 2.45) is 0 Å². The smallest absolute Gasteiger partial charge is 0.195 e. The fourth-order valence-electron chi connectivity index (χ4n) is 4.27. The van der Waals surface area contributed by atoms with Crippen LogP contribution < -0.4 is 0 Å². The molecule has 0 unspecified atom stereocenters. The number of hydrogen-bond acceptors (Lipinski definition) is 4. The van der Waals surface area contributed by atoms with Crippen LogP contribution in [0.1, 0.15) is 37.8 Å². The number of aliphatic hydroxyl groups is 1. The van der Waals surface area contributed by atoms with Gasteiger partial charge in [-0.25, -0.2) is 0 Å². The average Bonchev–Trinajstić information content (AvgIpc) is 3.15. The lowest BCUT2D eigenvalue weighted by Gasteiger charge is -2.34. The molecule has 2 aliphatic rings. The molecule has 2 heterocycles. The van der Waals surface area contributed by atoms with E-state index in [0.717, 1.165) is 28.7 Å². The Morgan fingerprint density at radius 2 is 1.90 bits per heavy atom. The van der Waals surface area contributed by atoms with E-state index in [1.165, 1.54) is 0 Å². The number of rotatable bonds is 6. The Hall–Kier alpha value is -2.14. The van der Waals surface area contributed by atoms with E-state index in [9.17, 15) is 9.90 Å². The summed E-state index contributed by atoms with van der Waals surface area (Å²) in [5.41, 5.74) is 3.37. The van der Waals surface area contributed by atoms with Crippen molar-refractivity contribution in [2.45, 2.75) is 44.8 Å². The van der Waals surface area contributed by atoms with E-state index in [1.807, 2.05) is 43.3 Å². The standard InChI is InChI=1S/C24H25ClO4/c1-3-15-13-17(16-5-8-18(25)9-6-16)7-10-19(15)21-22(26)20-11-12-24(29-20,23(21)27)14-28-4-2/h5-10,13,20,27H,3-4,11-12,14H2,1-2H3/t20-,24-/m0/s1. The van der Waals surface area contributed by atoms with Gasteiger partial charge in [0.15, 0.2) is 5.78 Å². The summed E-state index contributed by atoms with van der Waals surface area (Å²) in [6.45, 7) is 4.75. The molecule has 0 spiro atoms. The molecule has 4 rings (SSSR count). The van der Waals surface area contributed by atoms with Crippen molar-refractivity contribution < 1.29 is 19.4 Å². The predicted octanol–water partition coefficient (Wildman–Crippen LogP) is 5.38. The van der Waals surface area contributed by atoms with Crippen LogP contribution in [0.5, 0.6) is 0 Å². The number of carbonyl (C=O) groups is 1. The molecule has 4 nitrogen and oxygen atoms in total. The zero-order chi connectivity index (χ0) is 20.6. The maximum absolute atomic E-state index is 13.1. The Morgan fingerprint density at radius 3 is 2.59 bits per heavy atom. The maximum Gasteiger partial charge on any atom is 0.195 e. The number of hydrogen-bond donors (Lipinski definition) is 1. The molecule has 1 N–H and O–H groups in total. The van der Waals surface area contributed by atoms with Crippen LogP contribution >= 0.6 is 11.6 Å². The van der Waals surface area contributed by atoms with Crippen LogP contribution in [0.2, 0.25) is 5.02 Å². The first-order valence-corrected chi connectivity index (χ1v) is 10.5. The molecular weight excluding hydrogens is 388 g/mol. The van der Waals surface area contributed by atoms with Gasteiger partial charge >= 0.3 is 0 Å². The third-order valence-corrected chi connectivity index (χ3v) is 6.11. The molecule has 2 aromatic carbocycles. The van der Waals surface area contributed by atoms with Gasteiger partial charge in [0.05, 0.1) is 12.2 Å². The lowest BCUT2D eigenvalue weighted by atomic mass is 9.86. The van der Waals surface area contributed by atoms with E-state index < -0.39 is 11.7 Å². The predicted molar refractivity (Wildman–Crippen MR) is 114 cm³/mol. The number of aryl methyl sites for hydroxylation is 1. The lowest BCUT2D eigenvalue weighted by molar-refractivity contribution is -0.138. The molecule has 1 fully saturated rings. The molecule has 0 radical (unpaired) electrons. The monoisotopic (exact) mass is 412 g/mol. The van der Waals surface area contributed by atoms with Gasteiger partial charge in [-0.2, -0.15) is 0 Å². The normalized spacial score (nSPS) is 23.7. The number of fused-ring (bicyclic) bond motifs is 2. The van der Waals surface area contributed by atoms with Crippen molar-refractivity contribution in [3.05, 3.63) is 64.4 Å². The first-order valence-electron chi connectivity index (χ1n) is 10.1. The third kappa shape index (κ3) is 3.50. The summed E-state index contributed by atoms with van der Waals surface area (Å²) in [4.78, 5) is 13.1. The van der Waals surface area contributed by atoms with Gasteiger partial charge in [0.25, 0.3) is 0 Å². The lowest BCUT2D eigenvalue weighted by Crippen LogP contribution is -2.43. The van der Waals surface area contributed by atoms with Gasteiger partial charge < -0.3 is 14.6 Å². The summed E-state index contributed by atoms with van der Waals surface area (Å²) in [6.07, 6.45) is 1.42. The van der Waals surface area contributed by atoms with Crippen LogP contribution in [0.15, 0.2) is 48.2 Å². The highest BCUT2D eigenvalue weighted by molar-refractivity contribution is 6.30. The molecule has 0 aromatic heterocycles. The number of carbonyl (C=O) groups excluding carboxylic acids is 1. The third-order valence-electron chi connectivity index (χ3n) is 5.86. The second kappa shape index (κ2) is 7.94. The zero-order valence-corrected chi connectivity index (χ0v) is 17.5. The van der Waals surface area contributed by atoms with E-state index in [-0.39, 0.29) is 18.1 Å². The topological polar surface area (TPSA) is 55.8 Å². The zero-order valence-electron chi connectivity index (χ0n) is 16.7. The van der Waals surface area contributed by atoms with E-state index in [1.54, 1.807) is 0 Å². The van der Waals surface area contributed by atoms with Crippen LogP contribution in [0.3, 0.4) is 0 Å². The fourth-order valence-corrected chi connectivity index (χ4v) is 4.40. The summed E-state index contributed by atoms with van der Waals surface area (Å²) < 4.78 is 11.5. The molecule has 5 heteroatoms. The minimum absolute atomic E-state index is 0.0126. The van der Waals surface area contributed by atoms with Gasteiger partial charge in [-0.05, 0) is 60.6 Å². The highest BCUT2D eigenvalue weighted by atomic mass is 35.5. The first kappa shape index (κ1) is 20.1. The Labute approximate surface area is 176 Å². The molecule has 2 bridgehead atoms. The molecule has 152 valence electrons. The minimum Gasteiger partial charge on any atom is -0.508 e. The van der Waals surface area contributed by atoms with Crippen molar-refractivity contribution in [1.29, 1.82) is 0 Å². The quantitative estimate of drug-likeness (QED) is 0.692. The van der Waals surface area contributed by atoms with Gasteiger partial charge in [0.1, 0.15) is 17.5 Å². The number of Topliss-reactive ketones (excluding diaryl/α,β-unsaturated/α-hetero) is 1. The van der Waals surface area contributed by atoms with Gasteiger partial charge in [-0.3, -0.25) is 4.79 Å². The molecule has 0 aliphatic carbocycles. The molecule has 0 amide bonds. The Bertz CT molecular complexity index is 963. The maximum atomic E-state index is 13.1. The van der Waals surface area contributed by atoms with Gasteiger partial charge in [0.2, 0.25) is 0 Å². The molecular formula is C24H25ClO4. The van der Waals surface area contributed by atoms with Crippen LogP contribution in [-0.2, 0) is 20.7 Å². The van der Waals surface area contributed by atoms with Gasteiger partial charge in [-0.1, -0.05) is 48.9 Å². The number of aliphatic hydroxyl groups excluding tert-OH is 1. The SMILES string of the molecule is CCOC[C@]12CC[C@H](O1)C(=O)C(c1ccc(-c3ccc(Cl)cc3)cc1CC)=C2O. The minimum atomic E-state index is -0.913. The number of ketones is 1. The van der Waals surface area contributed by atoms with E-state index in [2.05, 4.69) is 13.0 Å².